The van der Waals surface area contributed by atoms with E-state index in [1.54, 1.807) is 6.07 Å². The molecule has 0 N–H and O–H groups in total. The van der Waals surface area contributed by atoms with Gasteiger partial charge in [0.05, 0.1) is 12.2 Å². The fraction of sp³-hybridized carbons (Fsp3) is 0.520. The second-order valence-electron chi connectivity index (χ2n) is 8.58. The number of rotatable bonds is 7. The van der Waals surface area contributed by atoms with Crippen LogP contribution in [0.4, 0.5) is 18.9 Å². The molecule has 3 nitrogen and oxygen atoms in total. The Bertz CT molecular complexity index is 875. The second kappa shape index (κ2) is 9.51. The average Bonchev–Trinajstić information content (AvgIpc) is 3.19. The Kier molecular flexibility index (Phi) is 6.75. The topological polar surface area (TPSA) is 15.7 Å². The van der Waals surface area contributed by atoms with Crippen molar-refractivity contribution in [1.82, 2.24) is 4.90 Å². The lowest BCUT2D eigenvalue weighted by Gasteiger charge is -2.36. The molecule has 6 heteroatoms. The van der Waals surface area contributed by atoms with Crippen LogP contribution in [0.25, 0.3) is 0 Å². The lowest BCUT2D eigenvalue weighted by Crippen LogP contribution is -2.46. The zero-order valence-electron chi connectivity index (χ0n) is 18.1. The lowest BCUT2D eigenvalue weighted by atomic mass is 9.99. The van der Waals surface area contributed by atoms with Crippen LogP contribution in [0.3, 0.4) is 0 Å². The number of nitrogens with zero attached hydrogens (tertiary/aromatic N) is 2. The largest absolute Gasteiger partial charge is 0.494 e. The van der Waals surface area contributed by atoms with Crippen LogP contribution in [0.1, 0.15) is 48.8 Å². The summed E-state index contributed by atoms with van der Waals surface area (Å²) in [5.41, 5.74) is 3.00. The fourth-order valence-corrected chi connectivity index (χ4v) is 4.78. The molecule has 1 saturated heterocycles. The Hall–Kier alpha value is -2.21. The summed E-state index contributed by atoms with van der Waals surface area (Å²) in [5.74, 6) is 1.67. The molecule has 1 aliphatic heterocycles. The Morgan fingerprint density at radius 2 is 1.84 bits per heavy atom. The monoisotopic (exact) mass is 432 g/mol. The molecule has 2 aromatic carbocycles. The highest BCUT2D eigenvalue weighted by Crippen LogP contribution is 2.37. The molecule has 0 spiro atoms. The molecule has 168 valence electrons. The SMILES string of the molecule is CCC1CCc2cc(OCCCN3CCN(c4cccc(C(F)(F)F)c4)CC3)ccc21. The molecular weight excluding hydrogens is 401 g/mol. The summed E-state index contributed by atoms with van der Waals surface area (Å²) in [6, 6.07) is 12.2. The highest BCUT2D eigenvalue weighted by atomic mass is 19.4. The molecule has 1 fully saturated rings. The van der Waals surface area contributed by atoms with Crippen molar-refractivity contribution in [3.63, 3.8) is 0 Å². The summed E-state index contributed by atoms with van der Waals surface area (Å²) in [7, 11) is 0. The van der Waals surface area contributed by atoms with E-state index in [9.17, 15) is 13.2 Å². The van der Waals surface area contributed by atoms with Gasteiger partial charge in [-0.05, 0) is 73.1 Å². The maximum absolute atomic E-state index is 13.0. The standard InChI is InChI=1S/C25H31F3N2O/c1-2-19-7-8-20-17-23(9-10-24(19)20)31-16-4-11-29-12-14-30(15-13-29)22-6-3-5-21(18-22)25(26,27)28/h3,5-6,9-10,17-19H,2,4,7-8,11-16H2,1H3. The molecule has 0 saturated carbocycles. The van der Waals surface area contributed by atoms with E-state index in [0.29, 0.717) is 18.2 Å². The third-order valence-electron chi connectivity index (χ3n) is 6.61. The molecule has 0 bridgehead atoms. The van der Waals surface area contributed by atoms with Gasteiger partial charge in [0.2, 0.25) is 0 Å². The molecule has 1 unspecified atom stereocenters. The number of hydrogen-bond donors (Lipinski definition) is 0. The summed E-state index contributed by atoms with van der Waals surface area (Å²) < 4.78 is 44.8. The number of benzene rings is 2. The number of piperazine rings is 1. The van der Waals surface area contributed by atoms with E-state index >= 15 is 0 Å². The summed E-state index contributed by atoms with van der Waals surface area (Å²) in [6.45, 7) is 7.07. The van der Waals surface area contributed by atoms with Crippen LogP contribution in [-0.4, -0.2) is 44.2 Å². The van der Waals surface area contributed by atoms with Crippen molar-refractivity contribution in [2.75, 3.05) is 44.2 Å². The maximum Gasteiger partial charge on any atom is 0.416 e. The molecule has 1 atom stereocenters. The third kappa shape index (κ3) is 5.35. The molecular formula is C25H31F3N2O. The van der Waals surface area contributed by atoms with Crippen LogP contribution >= 0.6 is 0 Å². The number of ether oxygens (including phenoxy) is 1. The minimum Gasteiger partial charge on any atom is -0.494 e. The molecule has 0 radical (unpaired) electrons. The van der Waals surface area contributed by atoms with Crippen molar-refractivity contribution in [1.29, 1.82) is 0 Å². The van der Waals surface area contributed by atoms with Gasteiger partial charge in [-0.2, -0.15) is 13.2 Å². The maximum atomic E-state index is 13.0. The molecule has 0 aromatic heterocycles. The van der Waals surface area contributed by atoms with Crippen LogP contribution in [0.15, 0.2) is 42.5 Å². The van der Waals surface area contributed by atoms with Crippen molar-refractivity contribution in [2.45, 2.75) is 44.7 Å². The number of fused-ring (bicyclic) bond motifs is 1. The lowest BCUT2D eigenvalue weighted by molar-refractivity contribution is -0.137. The van der Waals surface area contributed by atoms with E-state index in [0.717, 1.165) is 57.4 Å². The van der Waals surface area contributed by atoms with Gasteiger partial charge < -0.3 is 9.64 Å². The fourth-order valence-electron chi connectivity index (χ4n) is 4.78. The number of anilines is 1. The highest BCUT2D eigenvalue weighted by molar-refractivity contribution is 5.49. The van der Waals surface area contributed by atoms with Gasteiger partial charge in [0, 0.05) is 38.4 Å². The molecule has 2 aliphatic rings. The van der Waals surface area contributed by atoms with Crippen LogP contribution in [-0.2, 0) is 12.6 Å². The van der Waals surface area contributed by atoms with E-state index in [1.807, 2.05) is 4.90 Å². The van der Waals surface area contributed by atoms with Crippen molar-refractivity contribution in [3.8, 4) is 5.75 Å². The Labute approximate surface area is 182 Å². The first kappa shape index (κ1) is 22.0. The predicted molar refractivity (Wildman–Crippen MR) is 118 cm³/mol. The molecule has 0 amide bonds. The Morgan fingerprint density at radius 1 is 1.03 bits per heavy atom. The molecule has 31 heavy (non-hydrogen) atoms. The molecule has 1 heterocycles. The zero-order chi connectivity index (χ0) is 21.8. The molecule has 2 aromatic rings. The molecule has 1 aliphatic carbocycles. The van der Waals surface area contributed by atoms with Gasteiger partial charge in [-0.1, -0.05) is 19.1 Å². The summed E-state index contributed by atoms with van der Waals surface area (Å²) >= 11 is 0. The smallest absolute Gasteiger partial charge is 0.416 e. The Balaban J connectivity index is 1.19. The third-order valence-corrected chi connectivity index (χ3v) is 6.61. The average molecular weight is 433 g/mol. The van der Waals surface area contributed by atoms with Crippen molar-refractivity contribution < 1.29 is 17.9 Å². The van der Waals surface area contributed by atoms with E-state index in [2.05, 4.69) is 30.0 Å². The second-order valence-corrected chi connectivity index (χ2v) is 8.58. The summed E-state index contributed by atoms with van der Waals surface area (Å²) in [4.78, 5) is 4.40. The quantitative estimate of drug-likeness (QED) is 0.519. The van der Waals surface area contributed by atoms with Gasteiger partial charge in [0.25, 0.3) is 0 Å². The van der Waals surface area contributed by atoms with Crippen LogP contribution in [0.5, 0.6) is 5.75 Å². The van der Waals surface area contributed by atoms with Gasteiger partial charge in [-0.25, -0.2) is 0 Å². The highest BCUT2D eigenvalue weighted by Gasteiger charge is 2.31. The van der Waals surface area contributed by atoms with Gasteiger partial charge >= 0.3 is 6.18 Å². The van der Waals surface area contributed by atoms with Gasteiger partial charge in [-0.15, -0.1) is 0 Å². The van der Waals surface area contributed by atoms with Crippen molar-refractivity contribution in [2.24, 2.45) is 0 Å². The van der Waals surface area contributed by atoms with Crippen LogP contribution in [0.2, 0.25) is 0 Å². The van der Waals surface area contributed by atoms with Crippen molar-refractivity contribution in [3.05, 3.63) is 59.2 Å². The number of alkyl halides is 3. The number of aryl methyl sites for hydroxylation is 1. The van der Waals surface area contributed by atoms with E-state index in [1.165, 1.54) is 36.1 Å². The normalized spacial score (nSPS) is 19.5. The first-order chi connectivity index (χ1) is 14.9. The van der Waals surface area contributed by atoms with E-state index < -0.39 is 11.7 Å². The van der Waals surface area contributed by atoms with Gasteiger partial charge in [0.1, 0.15) is 5.75 Å². The first-order valence-electron chi connectivity index (χ1n) is 11.3. The Morgan fingerprint density at radius 3 is 2.58 bits per heavy atom. The van der Waals surface area contributed by atoms with Crippen LogP contribution < -0.4 is 9.64 Å². The minimum absolute atomic E-state index is 0.582. The minimum atomic E-state index is -4.30. The van der Waals surface area contributed by atoms with Crippen LogP contribution in [0, 0.1) is 0 Å². The number of halogens is 3. The molecule has 4 rings (SSSR count). The predicted octanol–water partition coefficient (Wildman–Crippen LogP) is 5.74. The van der Waals surface area contributed by atoms with Crippen molar-refractivity contribution >= 4 is 5.69 Å². The summed E-state index contributed by atoms with van der Waals surface area (Å²) in [6.07, 6.45) is 0.254. The van der Waals surface area contributed by atoms with E-state index in [-0.39, 0.29) is 0 Å². The van der Waals surface area contributed by atoms with Gasteiger partial charge in [0.15, 0.2) is 0 Å². The first-order valence-corrected chi connectivity index (χ1v) is 11.3. The zero-order valence-corrected chi connectivity index (χ0v) is 18.1. The number of hydrogen-bond acceptors (Lipinski definition) is 3. The van der Waals surface area contributed by atoms with E-state index in [4.69, 9.17) is 4.74 Å². The van der Waals surface area contributed by atoms with Gasteiger partial charge in [-0.3, -0.25) is 4.90 Å². The summed E-state index contributed by atoms with van der Waals surface area (Å²) in [5, 5.41) is 0.